The van der Waals surface area contributed by atoms with Crippen LogP contribution >= 0.6 is 0 Å². The molecule has 2 aliphatic rings. The molecule has 1 aliphatic heterocycles. The average molecular weight is 371 g/mol. The van der Waals surface area contributed by atoms with E-state index in [1.807, 2.05) is 0 Å². The standard InChI is InChI=1S/C23H38N4/c1-2-3-7-13-21-25-22-19(14-15-20(22)23(24)26-21)12-8-4-5-9-16-27-17-10-6-11-18-27/h14H,2-13,15-18H2,1H3,(H2,24,25,26). The number of nitrogens with two attached hydrogens (primary N) is 1. The number of piperidine rings is 1. The summed E-state index contributed by atoms with van der Waals surface area (Å²) in [6.45, 7) is 6.18. The molecule has 0 saturated carbocycles. The fourth-order valence-electron chi connectivity index (χ4n) is 4.39. The molecular weight excluding hydrogens is 332 g/mol. The van der Waals surface area contributed by atoms with E-state index in [1.165, 1.54) is 83.0 Å². The lowest BCUT2D eigenvalue weighted by molar-refractivity contribution is 0.224. The number of aromatic nitrogens is 2. The third-order valence-corrected chi connectivity index (χ3v) is 6.07. The fourth-order valence-corrected chi connectivity index (χ4v) is 4.39. The fraction of sp³-hybridized carbons (Fsp3) is 0.739. The van der Waals surface area contributed by atoms with Crippen LogP contribution in [0.15, 0.2) is 6.08 Å². The third kappa shape index (κ3) is 6.03. The highest BCUT2D eigenvalue weighted by molar-refractivity contribution is 5.73. The maximum Gasteiger partial charge on any atom is 0.131 e. The Hall–Kier alpha value is -1.42. The average Bonchev–Trinajstić information content (AvgIpc) is 3.09. The molecule has 0 amide bonds. The van der Waals surface area contributed by atoms with Crippen molar-refractivity contribution in [2.24, 2.45) is 0 Å². The molecule has 1 aromatic heterocycles. The number of allylic oxidation sites excluding steroid dienone is 2. The zero-order valence-corrected chi connectivity index (χ0v) is 17.3. The molecule has 4 nitrogen and oxygen atoms in total. The van der Waals surface area contributed by atoms with Crippen LogP contribution in [0.1, 0.15) is 94.6 Å². The van der Waals surface area contributed by atoms with Crippen LogP contribution in [0.25, 0.3) is 5.57 Å². The molecule has 0 unspecified atom stereocenters. The van der Waals surface area contributed by atoms with Gasteiger partial charge >= 0.3 is 0 Å². The molecule has 1 saturated heterocycles. The first kappa shape index (κ1) is 20.3. The Morgan fingerprint density at radius 3 is 2.52 bits per heavy atom. The van der Waals surface area contributed by atoms with Crippen LogP contribution in [-0.4, -0.2) is 34.5 Å². The first-order chi connectivity index (χ1) is 13.3. The second-order valence-corrected chi connectivity index (χ2v) is 8.31. The lowest BCUT2D eigenvalue weighted by atomic mass is 10.0. The summed E-state index contributed by atoms with van der Waals surface area (Å²) in [5.74, 6) is 1.65. The number of hydrogen-bond acceptors (Lipinski definition) is 4. The van der Waals surface area contributed by atoms with Crippen LogP contribution in [0.3, 0.4) is 0 Å². The number of rotatable bonds is 11. The van der Waals surface area contributed by atoms with E-state index < -0.39 is 0 Å². The SMILES string of the molecule is CCCCCc1nc(N)c2c(n1)C(CCCCCCN1CCCCC1)=CC2. The smallest absolute Gasteiger partial charge is 0.131 e. The Morgan fingerprint density at radius 1 is 0.926 bits per heavy atom. The number of aryl methyl sites for hydroxylation is 1. The molecule has 2 N–H and O–H groups in total. The molecule has 1 aromatic rings. The second kappa shape index (κ2) is 10.8. The van der Waals surface area contributed by atoms with Crippen molar-refractivity contribution in [1.29, 1.82) is 0 Å². The summed E-state index contributed by atoms with van der Waals surface area (Å²) in [6.07, 6.45) is 18.5. The zero-order chi connectivity index (χ0) is 18.9. The van der Waals surface area contributed by atoms with E-state index in [1.54, 1.807) is 0 Å². The summed E-state index contributed by atoms with van der Waals surface area (Å²) < 4.78 is 0. The Kier molecular flexibility index (Phi) is 8.12. The highest BCUT2D eigenvalue weighted by Gasteiger charge is 2.20. The number of hydrogen-bond donors (Lipinski definition) is 1. The predicted octanol–water partition coefficient (Wildman–Crippen LogP) is 5.17. The van der Waals surface area contributed by atoms with Gasteiger partial charge in [-0.05, 0) is 70.2 Å². The number of unbranched alkanes of at least 4 members (excludes halogenated alkanes) is 5. The van der Waals surface area contributed by atoms with Crippen molar-refractivity contribution in [3.63, 3.8) is 0 Å². The molecule has 0 radical (unpaired) electrons. The molecule has 0 bridgehead atoms. The van der Waals surface area contributed by atoms with Crippen LogP contribution in [0, 0.1) is 0 Å². The topological polar surface area (TPSA) is 55.0 Å². The molecular formula is C23H38N4. The van der Waals surface area contributed by atoms with Gasteiger partial charge in [-0.3, -0.25) is 0 Å². The van der Waals surface area contributed by atoms with Gasteiger partial charge in [0.15, 0.2) is 0 Å². The van der Waals surface area contributed by atoms with Crippen molar-refractivity contribution in [1.82, 2.24) is 14.9 Å². The maximum absolute atomic E-state index is 6.22. The van der Waals surface area contributed by atoms with E-state index >= 15 is 0 Å². The Morgan fingerprint density at radius 2 is 1.70 bits per heavy atom. The molecule has 3 rings (SSSR count). The van der Waals surface area contributed by atoms with Crippen molar-refractivity contribution in [3.05, 3.63) is 23.2 Å². The molecule has 0 atom stereocenters. The minimum atomic E-state index is 0.708. The van der Waals surface area contributed by atoms with Crippen molar-refractivity contribution in [3.8, 4) is 0 Å². The van der Waals surface area contributed by atoms with Gasteiger partial charge in [0.25, 0.3) is 0 Å². The minimum absolute atomic E-state index is 0.708. The second-order valence-electron chi connectivity index (χ2n) is 8.31. The van der Waals surface area contributed by atoms with Gasteiger partial charge in [0.1, 0.15) is 11.6 Å². The maximum atomic E-state index is 6.22. The molecule has 4 heteroatoms. The molecule has 150 valence electrons. The van der Waals surface area contributed by atoms with Gasteiger partial charge in [0.05, 0.1) is 5.69 Å². The van der Waals surface area contributed by atoms with E-state index in [-0.39, 0.29) is 0 Å². The van der Waals surface area contributed by atoms with Crippen LogP contribution in [-0.2, 0) is 12.8 Å². The lowest BCUT2D eigenvalue weighted by Crippen LogP contribution is -2.30. The normalized spacial score (nSPS) is 17.1. The first-order valence-electron chi connectivity index (χ1n) is 11.3. The van der Waals surface area contributed by atoms with Crippen molar-refractivity contribution < 1.29 is 0 Å². The van der Waals surface area contributed by atoms with Crippen LogP contribution < -0.4 is 5.73 Å². The molecule has 2 heterocycles. The molecule has 0 spiro atoms. The zero-order valence-electron chi connectivity index (χ0n) is 17.3. The van der Waals surface area contributed by atoms with Crippen LogP contribution in [0.5, 0.6) is 0 Å². The Bertz CT molecular complexity index is 617. The number of fused-ring (bicyclic) bond motifs is 1. The predicted molar refractivity (Wildman–Crippen MR) is 115 cm³/mol. The van der Waals surface area contributed by atoms with Gasteiger partial charge in [0, 0.05) is 12.0 Å². The summed E-state index contributed by atoms with van der Waals surface area (Å²) >= 11 is 0. The highest BCUT2D eigenvalue weighted by atomic mass is 15.1. The summed E-state index contributed by atoms with van der Waals surface area (Å²) in [5.41, 5.74) is 9.94. The van der Waals surface area contributed by atoms with E-state index in [4.69, 9.17) is 10.7 Å². The highest BCUT2D eigenvalue weighted by Crippen LogP contribution is 2.32. The van der Waals surface area contributed by atoms with Gasteiger partial charge in [-0.1, -0.05) is 45.1 Å². The molecule has 1 fully saturated rings. The summed E-state index contributed by atoms with van der Waals surface area (Å²) in [4.78, 5) is 12.1. The largest absolute Gasteiger partial charge is 0.383 e. The quantitative estimate of drug-likeness (QED) is 0.546. The summed E-state index contributed by atoms with van der Waals surface area (Å²) in [5, 5.41) is 0. The number of nitrogen functional groups attached to an aromatic ring is 1. The molecule has 1 aliphatic carbocycles. The summed E-state index contributed by atoms with van der Waals surface area (Å²) in [6, 6.07) is 0. The van der Waals surface area contributed by atoms with E-state index in [0.29, 0.717) is 5.82 Å². The van der Waals surface area contributed by atoms with Gasteiger partial charge in [-0.25, -0.2) is 9.97 Å². The molecule has 0 aromatic carbocycles. The number of nitrogens with zero attached hydrogens (tertiary/aromatic N) is 3. The van der Waals surface area contributed by atoms with Crippen molar-refractivity contribution >= 4 is 11.4 Å². The van der Waals surface area contributed by atoms with E-state index in [9.17, 15) is 0 Å². The van der Waals surface area contributed by atoms with Gasteiger partial charge < -0.3 is 10.6 Å². The lowest BCUT2D eigenvalue weighted by Gasteiger charge is -2.26. The first-order valence-corrected chi connectivity index (χ1v) is 11.3. The number of likely N-dealkylation sites (tertiary alicyclic amines) is 1. The van der Waals surface area contributed by atoms with E-state index in [2.05, 4.69) is 22.9 Å². The van der Waals surface area contributed by atoms with E-state index in [0.717, 1.165) is 42.8 Å². The number of anilines is 1. The van der Waals surface area contributed by atoms with Crippen molar-refractivity contribution in [2.75, 3.05) is 25.4 Å². The Balaban J connectivity index is 1.40. The van der Waals surface area contributed by atoms with Gasteiger partial charge in [-0.15, -0.1) is 0 Å². The minimum Gasteiger partial charge on any atom is -0.383 e. The van der Waals surface area contributed by atoms with Gasteiger partial charge in [-0.2, -0.15) is 0 Å². The van der Waals surface area contributed by atoms with Crippen LogP contribution in [0.2, 0.25) is 0 Å². The van der Waals surface area contributed by atoms with Crippen molar-refractivity contribution in [2.45, 2.75) is 90.4 Å². The summed E-state index contributed by atoms with van der Waals surface area (Å²) in [7, 11) is 0. The Labute approximate surface area is 165 Å². The molecule has 27 heavy (non-hydrogen) atoms. The third-order valence-electron chi connectivity index (χ3n) is 6.07. The van der Waals surface area contributed by atoms with Gasteiger partial charge in [0.2, 0.25) is 0 Å². The van der Waals surface area contributed by atoms with Crippen LogP contribution in [0.4, 0.5) is 5.82 Å². The monoisotopic (exact) mass is 370 g/mol.